The van der Waals surface area contributed by atoms with Crippen LogP contribution in [0.1, 0.15) is 25.1 Å². The minimum absolute atomic E-state index is 0.113. The summed E-state index contributed by atoms with van der Waals surface area (Å²) < 4.78 is 0. The maximum atomic E-state index is 11.3. The summed E-state index contributed by atoms with van der Waals surface area (Å²) in [4.78, 5) is 12.7. The van der Waals surface area contributed by atoms with Crippen molar-refractivity contribution < 1.29 is 4.79 Å². The first-order valence-electron chi connectivity index (χ1n) is 5.47. The minimum atomic E-state index is 0.113. The van der Waals surface area contributed by atoms with Gasteiger partial charge in [0.05, 0.1) is 13.6 Å². The van der Waals surface area contributed by atoms with Crippen LogP contribution in [0.5, 0.6) is 0 Å². The predicted octanol–water partition coefficient (Wildman–Crippen LogP) is -1.03. The van der Waals surface area contributed by atoms with Crippen molar-refractivity contribution in [3.05, 3.63) is 5.82 Å². The zero-order chi connectivity index (χ0) is 11.4. The molecule has 16 heavy (non-hydrogen) atoms. The van der Waals surface area contributed by atoms with E-state index in [0.29, 0.717) is 31.4 Å². The van der Waals surface area contributed by atoms with Gasteiger partial charge in [-0.15, -0.1) is 10.2 Å². The van der Waals surface area contributed by atoms with Crippen molar-refractivity contribution in [2.75, 3.05) is 6.54 Å². The standard InChI is InChI=1S/C9H16N6O/c1-15-13-8(12-14-15)6-10-5-4-9(16)11-7-2-3-7/h7,10H,2-6H2,1H3,(H,11,16). The number of aryl methyl sites for hydroxylation is 1. The maximum Gasteiger partial charge on any atom is 0.221 e. The van der Waals surface area contributed by atoms with Crippen LogP contribution in [0, 0.1) is 0 Å². The molecule has 0 unspecified atom stereocenters. The highest BCUT2D eigenvalue weighted by Crippen LogP contribution is 2.18. The normalized spacial score (nSPS) is 15.1. The number of rotatable bonds is 6. The van der Waals surface area contributed by atoms with Crippen molar-refractivity contribution in [1.29, 1.82) is 0 Å². The molecule has 1 aromatic heterocycles. The van der Waals surface area contributed by atoms with Gasteiger partial charge < -0.3 is 10.6 Å². The Morgan fingerprint density at radius 2 is 2.38 bits per heavy atom. The molecule has 0 aliphatic heterocycles. The molecule has 0 aromatic carbocycles. The molecule has 1 aliphatic rings. The van der Waals surface area contributed by atoms with Crippen LogP contribution in [0.2, 0.25) is 0 Å². The molecule has 88 valence electrons. The van der Waals surface area contributed by atoms with E-state index >= 15 is 0 Å². The molecule has 1 aliphatic carbocycles. The molecule has 0 saturated heterocycles. The molecule has 2 N–H and O–H groups in total. The van der Waals surface area contributed by atoms with Crippen molar-refractivity contribution >= 4 is 5.91 Å². The minimum Gasteiger partial charge on any atom is -0.353 e. The second-order valence-corrected chi connectivity index (χ2v) is 3.96. The number of amides is 1. The van der Waals surface area contributed by atoms with E-state index in [1.54, 1.807) is 7.05 Å². The summed E-state index contributed by atoms with van der Waals surface area (Å²) >= 11 is 0. The Hall–Kier alpha value is -1.50. The molecular weight excluding hydrogens is 208 g/mol. The van der Waals surface area contributed by atoms with Gasteiger partial charge in [-0.3, -0.25) is 4.79 Å². The van der Waals surface area contributed by atoms with E-state index in [1.165, 1.54) is 4.80 Å². The maximum absolute atomic E-state index is 11.3. The highest BCUT2D eigenvalue weighted by atomic mass is 16.1. The fourth-order valence-electron chi connectivity index (χ4n) is 1.32. The Kier molecular flexibility index (Phi) is 3.45. The molecule has 0 atom stereocenters. The molecule has 0 bridgehead atoms. The molecular formula is C9H16N6O. The zero-order valence-corrected chi connectivity index (χ0v) is 9.31. The summed E-state index contributed by atoms with van der Waals surface area (Å²) in [6.45, 7) is 1.18. The van der Waals surface area contributed by atoms with Gasteiger partial charge in [-0.25, -0.2) is 0 Å². The van der Waals surface area contributed by atoms with E-state index in [-0.39, 0.29) is 5.91 Å². The monoisotopic (exact) mass is 224 g/mol. The summed E-state index contributed by atoms with van der Waals surface area (Å²) in [5.74, 6) is 0.757. The van der Waals surface area contributed by atoms with Gasteiger partial charge in [0.25, 0.3) is 0 Å². The van der Waals surface area contributed by atoms with Crippen LogP contribution in [-0.4, -0.2) is 38.7 Å². The van der Waals surface area contributed by atoms with Gasteiger partial charge in [-0.05, 0) is 18.1 Å². The fraction of sp³-hybridized carbons (Fsp3) is 0.778. The summed E-state index contributed by atoms with van der Waals surface area (Å²) in [6, 6.07) is 0.439. The second kappa shape index (κ2) is 5.02. The van der Waals surface area contributed by atoms with E-state index in [1.807, 2.05) is 0 Å². The van der Waals surface area contributed by atoms with E-state index in [2.05, 4.69) is 26.0 Å². The number of nitrogens with zero attached hydrogens (tertiary/aromatic N) is 4. The molecule has 1 aromatic rings. The molecule has 0 radical (unpaired) electrons. The largest absolute Gasteiger partial charge is 0.353 e. The lowest BCUT2D eigenvalue weighted by atomic mass is 10.4. The topological polar surface area (TPSA) is 84.7 Å². The predicted molar refractivity (Wildman–Crippen MR) is 56.3 cm³/mol. The van der Waals surface area contributed by atoms with Crippen LogP contribution in [0.4, 0.5) is 0 Å². The lowest BCUT2D eigenvalue weighted by molar-refractivity contribution is -0.121. The Morgan fingerprint density at radius 3 is 3.00 bits per heavy atom. The molecule has 7 heteroatoms. The lowest BCUT2D eigenvalue weighted by Gasteiger charge is -2.03. The third kappa shape index (κ3) is 3.58. The quantitative estimate of drug-likeness (QED) is 0.603. The number of aromatic nitrogens is 4. The van der Waals surface area contributed by atoms with Crippen LogP contribution < -0.4 is 10.6 Å². The van der Waals surface area contributed by atoms with Crippen molar-refractivity contribution in [2.24, 2.45) is 7.05 Å². The highest BCUT2D eigenvalue weighted by molar-refractivity contribution is 5.76. The van der Waals surface area contributed by atoms with Crippen molar-refractivity contribution in [3.63, 3.8) is 0 Å². The van der Waals surface area contributed by atoms with Crippen LogP contribution in [-0.2, 0) is 18.4 Å². The van der Waals surface area contributed by atoms with E-state index in [0.717, 1.165) is 12.8 Å². The molecule has 0 spiro atoms. The number of carbonyl (C=O) groups excluding carboxylic acids is 1. The number of tetrazole rings is 1. The summed E-state index contributed by atoms with van der Waals surface area (Å²) in [7, 11) is 1.72. The average molecular weight is 224 g/mol. The molecule has 1 saturated carbocycles. The van der Waals surface area contributed by atoms with Crippen molar-refractivity contribution in [1.82, 2.24) is 30.8 Å². The van der Waals surface area contributed by atoms with Crippen molar-refractivity contribution in [2.45, 2.75) is 31.8 Å². The average Bonchev–Trinajstić information content (AvgIpc) is 2.95. The second-order valence-electron chi connectivity index (χ2n) is 3.96. The van der Waals surface area contributed by atoms with Gasteiger partial charge >= 0.3 is 0 Å². The molecule has 1 fully saturated rings. The first-order valence-corrected chi connectivity index (χ1v) is 5.47. The van der Waals surface area contributed by atoms with Crippen LogP contribution in [0.25, 0.3) is 0 Å². The smallest absolute Gasteiger partial charge is 0.221 e. The van der Waals surface area contributed by atoms with Crippen LogP contribution >= 0.6 is 0 Å². The van der Waals surface area contributed by atoms with Crippen LogP contribution in [0.3, 0.4) is 0 Å². The molecule has 1 amide bonds. The Morgan fingerprint density at radius 1 is 1.56 bits per heavy atom. The third-order valence-electron chi connectivity index (χ3n) is 2.30. The SMILES string of the molecule is Cn1nnc(CNCCC(=O)NC2CC2)n1. The first kappa shape index (κ1) is 11.0. The molecule has 2 rings (SSSR count). The van der Waals surface area contributed by atoms with Gasteiger partial charge in [-0.1, -0.05) is 0 Å². The molecule has 7 nitrogen and oxygen atoms in total. The summed E-state index contributed by atoms with van der Waals surface area (Å²) in [5.41, 5.74) is 0. The fourth-order valence-corrected chi connectivity index (χ4v) is 1.32. The van der Waals surface area contributed by atoms with Gasteiger partial charge in [0.1, 0.15) is 0 Å². The van der Waals surface area contributed by atoms with Gasteiger partial charge in [0.2, 0.25) is 5.91 Å². The highest BCUT2D eigenvalue weighted by Gasteiger charge is 2.22. The third-order valence-corrected chi connectivity index (χ3v) is 2.30. The van der Waals surface area contributed by atoms with Gasteiger partial charge in [-0.2, -0.15) is 4.80 Å². The lowest BCUT2D eigenvalue weighted by Crippen LogP contribution is -2.29. The van der Waals surface area contributed by atoms with Gasteiger partial charge in [0.15, 0.2) is 5.82 Å². The summed E-state index contributed by atoms with van der Waals surface area (Å²) in [6.07, 6.45) is 2.75. The first-order chi connectivity index (χ1) is 7.74. The molecule has 1 heterocycles. The zero-order valence-electron chi connectivity index (χ0n) is 9.31. The van der Waals surface area contributed by atoms with Crippen LogP contribution in [0.15, 0.2) is 0 Å². The van der Waals surface area contributed by atoms with E-state index in [4.69, 9.17) is 0 Å². The number of hydrogen-bond donors (Lipinski definition) is 2. The number of hydrogen-bond acceptors (Lipinski definition) is 5. The Bertz CT molecular complexity index is 359. The summed E-state index contributed by atoms with van der Waals surface area (Å²) in [5, 5.41) is 17.6. The Balaban J connectivity index is 1.55. The number of nitrogens with one attached hydrogen (secondary N) is 2. The van der Waals surface area contributed by atoms with E-state index in [9.17, 15) is 4.79 Å². The number of carbonyl (C=O) groups is 1. The van der Waals surface area contributed by atoms with E-state index < -0.39 is 0 Å². The Labute approximate surface area is 93.6 Å². The van der Waals surface area contributed by atoms with Crippen molar-refractivity contribution in [3.8, 4) is 0 Å². The van der Waals surface area contributed by atoms with Gasteiger partial charge in [0, 0.05) is 19.0 Å².